The van der Waals surface area contributed by atoms with E-state index in [2.05, 4.69) is 28.2 Å². The van der Waals surface area contributed by atoms with Crippen molar-refractivity contribution < 1.29 is 8.42 Å². The molecule has 116 valence electrons. The monoisotopic (exact) mass is 372 g/mol. The number of sulfonamides is 1. The zero-order valence-corrected chi connectivity index (χ0v) is 14.7. The van der Waals surface area contributed by atoms with Crippen molar-refractivity contribution in [2.24, 2.45) is 11.8 Å². The topological polar surface area (TPSA) is 49.4 Å². The lowest BCUT2D eigenvalue weighted by Gasteiger charge is -2.26. The summed E-state index contributed by atoms with van der Waals surface area (Å²) in [6.07, 6.45) is 0.873. The lowest BCUT2D eigenvalue weighted by atomic mass is 9.93. The Morgan fingerprint density at radius 2 is 2.14 bits per heavy atom. The molecule has 2 saturated heterocycles. The minimum atomic E-state index is -3.40. The summed E-state index contributed by atoms with van der Waals surface area (Å²) in [5.74, 6) is 0.919. The number of halogens is 1. The zero-order valence-electron chi connectivity index (χ0n) is 12.3. The van der Waals surface area contributed by atoms with Crippen molar-refractivity contribution in [2.45, 2.75) is 31.2 Å². The Morgan fingerprint density at radius 3 is 2.81 bits per heavy atom. The van der Waals surface area contributed by atoms with Crippen LogP contribution in [-0.4, -0.2) is 38.4 Å². The van der Waals surface area contributed by atoms with Crippen LogP contribution < -0.4 is 5.32 Å². The molecule has 1 N–H and O–H groups in total. The fourth-order valence-electron chi connectivity index (χ4n) is 3.68. The normalized spacial score (nSPS) is 29.8. The molecule has 3 unspecified atom stereocenters. The molecule has 0 amide bonds. The van der Waals surface area contributed by atoms with E-state index in [9.17, 15) is 8.42 Å². The second kappa shape index (κ2) is 5.65. The fourth-order valence-corrected chi connectivity index (χ4v) is 5.81. The maximum Gasteiger partial charge on any atom is 0.243 e. The lowest BCUT2D eigenvalue weighted by Crippen LogP contribution is -2.39. The van der Waals surface area contributed by atoms with Crippen LogP contribution in [0.1, 0.15) is 18.9 Å². The summed E-state index contributed by atoms with van der Waals surface area (Å²) in [5, 5.41) is 3.39. The molecular weight excluding hydrogens is 352 g/mol. The minimum Gasteiger partial charge on any atom is -0.316 e. The average Bonchev–Trinajstić information content (AvgIpc) is 3.01. The van der Waals surface area contributed by atoms with Crippen molar-refractivity contribution >= 4 is 26.0 Å². The number of nitrogens with one attached hydrogen (secondary N) is 1. The van der Waals surface area contributed by atoms with Gasteiger partial charge in [-0.25, -0.2) is 8.42 Å². The predicted molar refractivity (Wildman–Crippen MR) is 86.7 cm³/mol. The third kappa shape index (κ3) is 2.56. The third-order valence-corrected chi connectivity index (χ3v) is 7.60. The molecule has 0 aromatic heterocycles. The number of fused-ring (bicyclic) bond motifs is 1. The first-order valence-electron chi connectivity index (χ1n) is 7.44. The molecule has 2 heterocycles. The van der Waals surface area contributed by atoms with Gasteiger partial charge in [0.25, 0.3) is 0 Å². The molecule has 2 aliphatic heterocycles. The van der Waals surface area contributed by atoms with E-state index >= 15 is 0 Å². The molecule has 0 spiro atoms. The first-order valence-corrected chi connectivity index (χ1v) is 9.67. The second-order valence-corrected chi connectivity index (χ2v) is 8.79. The molecule has 4 nitrogen and oxygen atoms in total. The Morgan fingerprint density at radius 1 is 1.38 bits per heavy atom. The number of aryl methyl sites for hydroxylation is 1. The highest BCUT2D eigenvalue weighted by atomic mass is 79.9. The van der Waals surface area contributed by atoms with Gasteiger partial charge in [0, 0.05) is 17.1 Å². The van der Waals surface area contributed by atoms with E-state index in [4.69, 9.17) is 0 Å². The molecule has 3 rings (SSSR count). The highest BCUT2D eigenvalue weighted by molar-refractivity contribution is 9.10. The molecule has 0 radical (unpaired) electrons. The first-order chi connectivity index (χ1) is 9.95. The smallest absolute Gasteiger partial charge is 0.243 e. The molecule has 1 aromatic carbocycles. The van der Waals surface area contributed by atoms with Gasteiger partial charge in [-0.15, -0.1) is 0 Å². The molecule has 0 saturated carbocycles. The summed E-state index contributed by atoms with van der Waals surface area (Å²) in [4.78, 5) is 0.412. The van der Waals surface area contributed by atoms with Crippen LogP contribution in [0.4, 0.5) is 0 Å². The van der Waals surface area contributed by atoms with E-state index in [1.165, 1.54) is 0 Å². The number of nitrogens with zero attached hydrogens (tertiary/aromatic N) is 1. The van der Waals surface area contributed by atoms with Crippen LogP contribution in [0.15, 0.2) is 27.6 Å². The Hall–Kier alpha value is -0.430. The van der Waals surface area contributed by atoms with Crippen molar-refractivity contribution in [3.8, 4) is 0 Å². The average molecular weight is 373 g/mol. The molecule has 21 heavy (non-hydrogen) atoms. The summed E-state index contributed by atoms with van der Waals surface area (Å²) in [5.41, 5.74) is 0.949. The van der Waals surface area contributed by atoms with E-state index in [-0.39, 0.29) is 6.04 Å². The zero-order chi connectivity index (χ0) is 15.2. The molecule has 1 aromatic rings. The lowest BCUT2D eigenvalue weighted by molar-refractivity contribution is 0.329. The molecular formula is C15H21BrN2O2S. The van der Waals surface area contributed by atoms with Crippen molar-refractivity contribution in [3.05, 3.63) is 28.2 Å². The van der Waals surface area contributed by atoms with Gasteiger partial charge in [-0.1, -0.05) is 22.9 Å². The SMILES string of the molecule is CCC1C2CNCC2CN1S(=O)(=O)c1ccc(Br)c(C)c1. The van der Waals surface area contributed by atoms with E-state index in [0.717, 1.165) is 29.5 Å². The maximum absolute atomic E-state index is 13.0. The predicted octanol–water partition coefficient (Wildman–Crippen LogP) is 2.38. The van der Waals surface area contributed by atoms with E-state index in [1.54, 1.807) is 16.4 Å². The number of hydrogen-bond donors (Lipinski definition) is 1. The molecule has 2 fully saturated rings. The van der Waals surface area contributed by atoms with Crippen molar-refractivity contribution in [1.82, 2.24) is 9.62 Å². The maximum atomic E-state index is 13.0. The quantitative estimate of drug-likeness (QED) is 0.885. The highest BCUT2D eigenvalue weighted by Gasteiger charge is 2.48. The van der Waals surface area contributed by atoms with Crippen LogP contribution in [0.2, 0.25) is 0 Å². The third-order valence-electron chi connectivity index (χ3n) is 4.82. The largest absolute Gasteiger partial charge is 0.316 e. The van der Waals surface area contributed by atoms with Gasteiger partial charge >= 0.3 is 0 Å². The molecule has 2 aliphatic rings. The van der Waals surface area contributed by atoms with Crippen LogP contribution in [-0.2, 0) is 10.0 Å². The number of hydrogen-bond acceptors (Lipinski definition) is 3. The van der Waals surface area contributed by atoms with Gasteiger partial charge in [0.15, 0.2) is 0 Å². The van der Waals surface area contributed by atoms with Gasteiger partial charge in [0.1, 0.15) is 0 Å². The second-order valence-electron chi connectivity index (χ2n) is 6.04. The van der Waals surface area contributed by atoms with E-state index < -0.39 is 10.0 Å². The van der Waals surface area contributed by atoms with Crippen LogP contribution in [0, 0.1) is 18.8 Å². The van der Waals surface area contributed by atoms with Crippen LogP contribution in [0.5, 0.6) is 0 Å². The van der Waals surface area contributed by atoms with Crippen LogP contribution >= 0.6 is 15.9 Å². The van der Waals surface area contributed by atoms with Crippen LogP contribution in [0.3, 0.4) is 0 Å². The Balaban J connectivity index is 1.96. The van der Waals surface area contributed by atoms with Gasteiger partial charge < -0.3 is 5.32 Å². The van der Waals surface area contributed by atoms with Gasteiger partial charge in [-0.2, -0.15) is 4.31 Å². The Bertz CT molecular complexity index is 647. The summed E-state index contributed by atoms with van der Waals surface area (Å²) < 4.78 is 28.7. The van der Waals surface area contributed by atoms with E-state index in [0.29, 0.717) is 23.3 Å². The first kappa shape index (κ1) is 15.5. The molecule has 6 heteroatoms. The van der Waals surface area contributed by atoms with Gasteiger partial charge in [0.2, 0.25) is 10.0 Å². The number of rotatable bonds is 3. The van der Waals surface area contributed by atoms with Gasteiger partial charge in [-0.05, 0) is 62.0 Å². The molecule has 0 aliphatic carbocycles. The Labute approximate surface area is 135 Å². The van der Waals surface area contributed by atoms with Crippen molar-refractivity contribution in [3.63, 3.8) is 0 Å². The standard InChI is InChI=1S/C15H21BrN2O2S/c1-3-15-13-8-17-7-11(13)9-18(15)21(19,20)12-4-5-14(16)10(2)6-12/h4-6,11,13,15,17H,3,7-9H2,1-2H3. The fraction of sp³-hybridized carbons (Fsp3) is 0.600. The summed E-state index contributed by atoms with van der Waals surface area (Å²) in [7, 11) is -3.40. The summed E-state index contributed by atoms with van der Waals surface area (Å²) in [6, 6.07) is 5.41. The van der Waals surface area contributed by atoms with Crippen LogP contribution in [0.25, 0.3) is 0 Å². The van der Waals surface area contributed by atoms with Gasteiger partial charge in [-0.3, -0.25) is 0 Å². The van der Waals surface area contributed by atoms with E-state index in [1.807, 2.05) is 13.0 Å². The Kier molecular flexibility index (Phi) is 4.16. The summed E-state index contributed by atoms with van der Waals surface area (Å²) >= 11 is 3.43. The van der Waals surface area contributed by atoms with Crippen molar-refractivity contribution in [1.29, 1.82) is 0 Å². The molecule has 0 bridgehead atoms. The van der Waals surface area contributed by atoms with Gasteiger partial charge in [0.05, 0.1) is 4.90 Å². The van der Waals surface area contributed by atoms with Crippen molar-refractivity contribution in [2.75, 3.05) is 19.6 Å². The molecule has 3 atom stereocenters. The highest BCUT2D eigenvalue weighted by Crippen LogP contribution is 2.38. The number of benzene rings is 1. The summed E-state index contributed by atoms with van der Waals surface area (Å²) in [6.45, 7) is 6.53. The minimum absolute atomic E-state index is 0.124.